The third-order valence-electron chi connectivity index (χ3n) is 2.48. The molecule has 88 valence electrons. The molecule has 0 spiro atoms. The fraction of sp³-hybridized carbons (Fsp3) is 0.462. The molecule has 3 heteroatoms. The Labute approximate surface area is 97.0 Å². The van der Waals surface area contributed by atoms with E-state index in [0.29, 0.717) is 6.42 Å². The van der Waals surface area contributed by atoms with Crippen molar-refractivity contribution in [1.29, 1.82) is 0 Å². The summed E-state index contributed by atoms with van der Waals surface area (Å²) in [6.07, 6.45) is 0.603. The molecule has 1 rings (SSSR count). The van der Waals surface area contributed by atoms with Crippen molar-refractivity contribution < 1.29 is 9.53 Å². The van der Waals surface area contributed by atoms with Gasteiger partial charge in [-0.05, 0) is 20.0 Å². The Morgan fingerprint density at radius 2 is 2.06 bits per heavy atom. The van der Waals surface area contributed by atoms with Crippen molar-refractivity contribution in [2.75, 3.05) is 20.7 Å². The van der Waals surface area contributed by atoms with Gasteiger partial charge in [0.2, 0.25) is 0 Å². The number of Topliss-reactive ketones (excluding diaryl/α,β-unsaturated/α-hetero) is 1. The lowest BCUT2D eigenvalue weighted by Gasteiger charge is -2.17. The van der Waals surface area contributed by atoms with Crippen LogP contribution in [-0.2, 0) is 11.3 Å². The summed E-state index contributed by atoms with van der Waals surface area (Å²) in [5, 5.41) is 0. The summed E-state index contributed by atoms with van der Waals surface area (Å²) in [4.78, 5) is 13.0. The van der Waals surface area contributed by atoms with Crippen LogP contribution in [0.1, 0.15) is 18.9 Å². The minimum atomic E-state index is 0.229. The molecule has 16 heavy (non-hydrogen) atoms. The SMILES string of the molecule is COc1ccccc1CN(C)CCC(C)=O. The van der Waals surface area contributed by atoms with Gasteiger partial charge in [0.15, 0.2) is 0 Å². The van der Waals surface area contributed by atoms with Gasteiger partial charge in [0.05, 0.1) is 7.11 Å². The zero-order chi connectivity index (χ0) is 12.0. The monoisotopic (exact) mass is 221 g/mol. The lowest BCUT2D eigenvalue weighted by molar-refractivity contribution is -0.117. The van der Waals surface area contributed by atoms with E-state index in [2.05, 4.69) is 4.90 Å². The number of nitrogens with zero attached hydrogens (tertiary/aromatic N) is 1. The zero-order valence-electron chi connectivity index (χ0n) is 10.2. The van der Waals surface area contributed by atoms with E-state index in [4.69, 9.17) is 4.74 Å². The Hall–Kier alpha value is -1.35. The normalized spacial score (nSPS) is 10.5. The van der Waals surface area contributed by atoms with E-state index in [1.165, 1.54) is 0 Å². The first kappa shape index (κ1) is 12.7. The summed E-state index contributed by atoms with van der Waals surface area (Å²) < 4.78 is 5.28. The molecule has 0 heterocycles. The summed E-state index contributed by atoms with van der Waals surface area (Å²) in [5.41, 5.74) is 1.15. The van der Waals surface area contributed by atoms with Crippen LogP contribution in [0.4, 0.5) is 0 Å². The second-order valence-corrected chi connectivity index (χ2v) is 4.00. The van der Waals surface area contributed by atoms with Gasteiger partial charge >= 0.3 is 0 Å². The van der Waals surface area contributed by atoms with E-state index in [1.807, 2.05) is 31.3 Å². The predicted octanol–water partition coefficient (Wildman–Crippen LogP) is 2.11. The van der Waals surface area contributed by atoms with Crippen LogP contribution in [0.5, 0.6) is 5.75 Å². The molecule has 0 atom stereocenters. The van der Waals surface area contributed by atoms with Crippen molar-refractivity contribution in [3.8, 4) is 5.75 Å². The Kier molecular flexibility index (Phi) is 4.99. The lowest BCUT2D eigenvalue weighted by atomic mass is 10.2. The number of para-hydroxylation sites is 1. The van der Waals surface area contributed by atoms with Gasteiger partial charge in [0, 0.05) is 25.1 Å². The second-order valence-electron chi connectivity index (χ2n) is 4.00. The van der Waals surface area contributed by atoms with Gasteiger partial charge in [0.1, 0.15) is 11.5 Å². The van der Waals surface area contributed by atoms with E-state index in [-0.39, 0.29) is 5.78 Å². The molecule has 0 saturated heterocycles. The molecule has 0 aliphatic carbocycles. The number of rotatable bonds is 6. The first-order valence-corrected chi connectivity index (χ1v) is 5.43. The number of ketones is 1. The summed E-state index contributed by atoms with van der Waals surface area (Å²) in [6.45, 7) is 3.21. The molecule has 1 aromatic rings. The van der Waals surface area contributed by atoms with Gasteiger partial charge in [-0.25, -0.2) is 0 Å². The number of ether oxygens (including phenoxy) is 1. The van der Waals surface area contributed by atoms with Crippen molar-refractivity contribution in [1.82, 2.24) is 4.90 Å². The first-order chi connectivity index (χ1) is 7.63. The fourth-order valence-electron chi connectivity index (χ4n) is 1.55. The maximum atomic E-state index is 10.9. The van der Waals surface area contributed by atoms with Gasteiger partial charge < -0.3 is 9.64 Å². The Bertz CT molecular complexity index is 350. The minimum Gasteiger partial charge on any atom is -0.496 e. The summed E-state index contributed by atoms with van der Waals surface area (Å²) >= 11 is 0. The maximum Gasteiger partial charge on any atom is 0.131 e. The number of carbonyl (C=O) groups is 1. The molecule has 3 nitrogen and oxygen atoms in total. The van der Waals surface area contributed by atoms with E-state index >= 15 is 0 Å². The molecule has 0 radical (unpaired) electrons. The number of hydrogen-bond acceptors (Lipinski definition) is 3. The van der Waals surface area contributed by atoms with Gasteiger partial charge in [-0.15, -0.1) is 0 Å². The summed E-state index contributed by atoms with van der Waals surface area (Å²) in [6, 6.07) is 7.95. The highest BCUT2D eigenvalue weighted by molar-refractivity contribution is 5.75. The highest BCUT2D eigenvalue weighted by Crippen LogP contribution is 2.18. The van der Waals surface area contributed by atoms with Crippen LogP contribution < -0.4 is 4.74 Å². The maximum absolute atomic E-state index is 10.9. The highest BCUT2D eigenvalue weighted by atomic mass is 16.5. The molecule has 0 amide bonds. The van der Waals surface area contributed by atoms with Crippen molar-refractivity contribution in [2.45, 2.75) is 19.9 Å². The lowest BCUT2D eigenvalue weighted by Crippen LogP contribution is -2.21. The van der Waals surface area contributed by atoms with Crippen molar-refractivity contribution in [3.63, 3.8) is 0 Å². The van der Waals surface area contributed by atoms with E-state index in [1.54, 1.807) is 14.0 Å². The van der Waals surface area contributed by atoms with Crippen LogP contribution in [0.15, 0.2) is 24.3 Å². The van der Waals surface area contributed by atoms with Gasteiger partial charge in [-0.1, -0.05) is 18.2 Å². The average molecular weight is 221 g/mol. The number of benzene rings is 1. The Morgan fingerprint density at radius 1 is 1.38 bits per heavy atom. The Balaban J connectivity index is 2.55. The Morgan fingerprint density at radius 3 is 2.69 bits per heavy atom. The average Bonchev–Trinajstić information content (AvgIpc) is 2.27. The number of carbonyl (C=O) groups excluding carboxylic acids is 1. The summed E-state index contributed by atoms with van der Waals surface area (Å²) in [7, 11) is 3.68. The minimum absolute atomic E-state index is 0.229. The predicted molar refractivity (Wildman–Crippen MR) is 64.6 cm³/mol. The number of hydrogen-bond donors (Lipinski definition) is 0. The molecular formula is C13H19NO2. The molecule has 0 aliphatic heterocycles. The highest BCUT2D eigenvalue weighted by Gasteiger charge is 2.06. The molecule has 0 N–H and O–H groups in total. The smallest absolute Gasteiger partial charge is 0.131 e. The molecule has 0 bridgehead atoms. The van der Waals surface area contributed by atoms with Crippen LogP contribution in [0, 0.1) is 0 Å². The standard InChI is InChI=1S/C13H19NO2/c1-11(15)8-9-14(2)10-12-6-4-5-7-13(12)16-3/h4-7H,8-10H2,1-3H3. The van der Waals surface area contributed by atoms with E-state index in [0.717, 1.165) is 24.4 Å². The summed E-state index contributed by atoms with van der Waals surface area (Å²) in [5.74, 6) is 1.13. The van der Waals surface area contributed by atoms with Gasteiger partial charge in [0.25, 0.3) is 0 Å². The first-order valence-electron chi connectivity index (χ1n) is 5.43. The van der Waals surface area contributed by atoms with Crippen LogP contribution in [-0.4, -0.2) is 31.4 Å². The van der Waals surface area contributed by atoms with E-state index in [9.17, 15) is 4.79 Å². The van der Waals surface area contributed by atoms with Crippen molar-refractivity contribution in [3.05, 3.63) is 29.8 Å². The largest absolute Gasteiger partial charge is 0.496 e. The topological polar surface area (TPSA) is 29.5 Å². The van der Waals surface area contributed by atoms with Crippen molar-refractivity contribution in [2.24, 2.45) is 0 Å². The van der Waals surface area contributed by atoms with Crippen LogP contribution >= 0.6 is 0 Å². The molecule has 0 aromatic heterocycles. The van der Waals surface area contributed by atoms with Crippen LogP contribution in [0.25, 0.3) is 0 Å². The van der Waals surface area contributed by atoms with Crippen molar-refractivity contribution >= 4 is 5.78 Å². The fourth-order valence-corrected chi connectivity index (χ4v) is 1.55. The third-order valence-corrected chi connectivity index (χ3v) is 2.48. The molecule has 0 saturated carbocycles. The molecule has 0 aliphatic rings. The van der Waals surface area contributed by atoms with Gasteiger partial charge in [-0.3, -0.25) is 4.79 Å². The molecule has 1 aromatic carbocycles. The molecule has 0 fully saturated rings. The molecule has 0 unspecified atom stereocenters. The number of methoxy groups -OCH3 is 1. The molecular weight excluding hydrogens is 202 g/mol. The third kappa shape index (κ3) is 4.03. The van der Waals surface area contributed by atoms with Crippen LogP contribution in [0.2, 0.25) is 0 Å². The van der Waals surface area contributed by atoms with Crippen LogP contribution in [0.3, 0.4) is 0 Å². The second kappa shape index (κ2) is 6.28. The quantitative estimate of drug-likeness (QED) is 0.736. The zero-order valence-corrected chi connectivity index (χ0v) is 10.2. The van der Waals surface area contributed by atoms with E-state index < -0.39 is 0 Å². The van der Waals surface area contributed by atoms with Gasteiger partial charge in [-0.2, -0.15) is 0 Å².